The second-order valence-corrected chi connectivity index (χ2v) is 6.57. The fraction of sp³-hybridized carbons (Fsp3) is 0.588. The van der Waals surface area contributed by atoms with Crippen LogP contribution in [0.4, 0.5) is 0 Å². The number of rotatable bonds is 4. The van der Waals surface area contributed by atoms with Crippen LogP contribution in [0, 0.1) is 0 Å². The highest BCUT2D eigenvalue weighted by Gasteiger charge is 2.39. The van der Waals surface area contributed by atoms with E-state index in [2.05, 4.69) is 41.8 Å². The van der Waals surface area contributed by atoms with Crippen LogP contribution in [0.5, 0.6) is 0 Å². The van der Waals surface area contributed by atoms with Crippen LogP contribution in [-0.2, 0) is 11.3 Å². The number of benzene rings is 1. The van der Waals surface area contributed by atoms with Gasteiger partial charge in [0.2, 0.25) is 5.91 Å². The van der Waals surface area contributed by atoms with Crippen LogP contribution in [0.2, 0.25) is 0 Å². The average Bonchev–Trinajstić information content (AvgIpc) is 2.45. The largest absolute Gasteiger partial charge is 0.354 e. The predicted octanol–water partition coefficient (Wildman–Crippen LogP) is 1.47. The summed E-state index contributed by atoms with van der Waals surface area (Å²) >= 11 is 0. The maximum Gasteiger partial charge on any atom is 0.228 e. The van der Waals surface area contributed by atoms with Gasteiger partial charge in [-0.05, 0) is 44.5 Å². The van der Waals surface area contributed by atoms with Crippen LogP contribution < -0.4 is 10.6 Å². The Hall–Kier alpha value is -1.39. The molecule has 0 spiro atoms. The number of fused-ring (bicyclic) bond motifs is 1. The van der Waals surface area contributed by atoms with Crippen LogP contribution >= 0.6 is 0 Å². The molecule has 1 aliphatic heterocycles. The van der Waals surface area contributed by atoms with Crippen LogP contribution in [0.25, 0.3) is 0 Å². The molecule has 1 aromatic rings. The third-order valence-corrected chi connectivity index (χ3v) is 5.24. The van der Waals surface area contributed by atoms with E-state index < -0.39 is 0 Å². The Balaban J connectivity index is 1.67. The van der Waals surface area contributed by atoms with Crippen molar-refractivity contribution in [2.75, 3.05) is 27.2 Å². The molecule has 1 saturated carbocycles. The predicted molar refractivity (Wildman–Crippen MR) is 84.2 cm³/mol. The lowest BCUT2D eigenvalue weighted by atomic mass is 9.75. The quantitative estimate of drug-likeness (QED) is 0.881. The molecule has 1 unspecified atom stereocenters. The van der Waals surface area contributed by atoms with E-state index in [0.29, 0.717) is 0 Å². The van der Waals surface area contributed by atoms with Gasteiger partial charge in [-0.1, -0.05) is 24.3 Å². The minimum Gasteiger partial charge on any atom is -0.354 e. The van der Waals surface area contributed by atoms with Gasteiger partial charge in [-0.3, -0.25) is 4.79 Å². The van der Waals surface area contributed by atoms with Crippen molar-refractivity contribution in [3.63, 3.8) is 0 Å². The number of nitrogens with zero attached hydrogens (tertiary/aromatic N) is 1. The molecule has 0 saturated heterocycles. The van der Waals surface area contributed by atoms with Crippen molar-refractivity contribution < 1.29 is 4.79 Å². The molecule has 0 aromatic heterocycles. The van der Waals surface area contributed by atoms with Crippen LogP contribution in [0.3, 0.4) is 0 Å². The van der Waals surface area contributed by atoms with Crippen LogP contribution in [0.15, 0.2) is 24.3 Å². The third kappa shape index (κ3) is 2.70. The zero-order chi connectivity index (χ0) is 14.9. The Bertz CT molecular complexity index is 523. The van der Waals surface area contributed by atoms with Gasteiger partial charge in [0, 0.05) is 25.2 Å². The molecule has 1 amide bonds. The number of hydrogen-bond acceptors (Lipinski definition) is 3. The summed E-state index contributed by atoms with van der Waals surface area (Å²) in [5, 5.41) is 6.55. The molecule has 2 N–H and O–H groups in total. The molecule has 1 fully saturated rings. The highest BCUT2D eigenvalue weighted by Crippen LogP contribution is 2.35. The molecule has 3 rings (SSSR count). The Morgan fingerprint density at radius 3 is 2.81 bits per heavy atom. The topological polar surface area (TPSA) is 44.4 Å². The van der Waals surface area contributed by atoms with Crippen molar-refractivity contribution in [2.45, 2.75) is 37.3 Å². The smallest absolute Gasteiger partial charge is 0.228 e. The van der Waals surface area contributed by atoms with E-state index >= 15 is 0 Å². The SMILES string of the molecule is CN(C)C1(CNC(=O)C2CNCc3ccccc32)CCC1. The van der Waals surface area contributed by atoms with E-state index in [1.807, 2.05) is 12.1 Å². The number of carbonyl (C=O) groups excluding carboxylic acids is 1. The van der Waals surface area contributed by atoms with Gasteiger partial charge in [-0.15, -0.1) is 0 Å². The Morgan fingerprint density at radius 1 is 1.38 bits per heavy atom. The summed E-state index contributed by atoms with van der Waals surface area (Å²) in [6.07, 6.45) is 3.63. The summed E-state index contributed by atoms with van der Waals surface area (Å²) in [5.74, 6) is 0.0945. The second-order valence-electron chi connectivity index (χ2n) is 6.57. The lowest BCUT2D eigenvalue weighted by molar-refractivity contribution is -0.123. The molecular formula is C17H25N3O. The number of amides is 1. The maximum atomic E-state index is 12.6. The first-order valence-electron chi connectivity index (χ1n) is 7.86. The van der Waals surface area contributed by atoms with Crippen LogP contribution in [-0.4, -0.2) is 43.5 Å². The van der Waals surface area contributed by atoms with E-state index in [1.54, 1.807) is 0 Å². The van der Waals surface area contributed by atoms with Crippen molar-refractivity contribution in [1.82, 2.24) is 15.5 Å². The number of hydrogen-bond donors (Lipinski definition) is 2. The number of nitrogens with one attached hydrogen (secondary N) is 2. The molecule has 1 aliphatic carbocycles. The zero-order valence-corrected chi connectivity index (χ0v) is 13.0. The van der Waals surface area contributed by atoms with Crippen molar-refractivity contribution in [1.29, 1.82) is 0 Å². The fourth-order valence-corrected chi connectivity index (χ4v) is 3.47. The summed E-state index contributed by atoms with van der Waals surface area (Å²) in [5.41, 5.74) is 2.60. The third-order valence-electron chi connectivity index (χ3n) is 5.24. The van der Waals surface area contributed by atoms with Crippen molar-refractivity contribution in [2.24, 2.45) is 0 Å². The van der Waals surface area contributed by atoms with Crippen molar-refractivity contribution >= 4 is 5.91 Å². The van der Waals surface area contributed by atoms with Gasteiger partial charge in [-0.25, -0.2) is 0 Å². The molecular weight excluding hydrogens is 262 g/mol. The van der Waals surface area contributed by atoms with Crippen LogP contribution in [0.1, 0.15) is 36.3 Å². The summed E-state index contributed by atoms with van der Waals surface area (Å²) < 4.78 is 0. The Morgan fingerprint density at radius 2 is 2.14 bits per heavy atom. The summed E-state index contributed by atoms with van der Waals surface area (Å²) in [4.78, 5) is 14.9. The summed E-state index contributed by atoms with van der Waals surface area (Å²) in [6, 6.07) is 8.26. The first-order valence-corrected chi connectivity index (χ1v) is 7.86. The molecule has 2 aliphatic rings. The molecule has 0 bridgehead atoms. The number of likely N-dealkylation sites (N-methyl/N-ethyl adjacent to an activating group) is 1. The van der Waals surface area contributed by atoms with Gasteiger partial charge in [-0.2, -0.15) is 0 Å². The molecule has 4 heteroatoms. The lowest BCUT2D eigenvalue weighted by Gasteiger charge is -2.47. The maximum absolute atomic E-state index is 12.6. The minimum absolute atomic E-state index is 0.0609. The first kappa shape index (κ1) is 14.5. The van der Waals surface area contributed by atoms with Crippen molar-refractivity contribution in [3.8, 4) is 0 Å². The van der Waals surface area contributed by atoms with E-state index in [1.165, 1.54) is 30.4 Å². The monoisotopic (exact) mass is 287 g/mol. The zero-order valence-electron chi connectivity index (χ0n) is 13.0. The van der Waals surface area contributed by atoms with Gasteiger partial charge in [0.05, 0.1) is 5.92 Å². The van der Waals surface area contributed by atoms with E-state index in [-0.39, 0.29) is 17.4 Å². The Labute approximate surface area is 126 Å². The van der Waals surface area contributed by atoms with E-state index in [0.717, 1.165) is 19.6 Å². The second kappa shape index (κ2) is 5.78. The molecule has 0 radical (unpaired) electrons. The fourth-order valence-electron chi connectivity index (χ4n) is 3.47. The average molecular weight is 287 g/mol. The van der Waals surface area contributed by atoms with Crippen molar-refractivity contribution in [3.05, 3.63) is 35.4 Å². The van der Waals surface area contributed by atoms with Gasteiger partial charge in [0.15, 0.2) is 0 Å². The van der Waals surface area contributed by atoms with Gasteiger partial charge in [0.25, 0.3) is 0 Å². The molecule has 1 atom stereocenters. The van der Waals surface area contributed by atoms with E-state index in [9.17, 15) is 4.79 Å². The highest BCUT2D eigenvalue weighted by molar-refractivity contribution is 5.84. The molecule has 21 heavy (non-hydrogen) atoms. The van der Waals surface area contributed by atoms with E-state index in [4.69, 9.17) is 0 Å². The molecule has 4 nitrogen and oxygen atoms in total. The lowest BCUT2D eigenvalue weighted by Crippen LogP contribution is -2.58. The highest BCUT2D eigenvalue weighted by atomic mass is 16.1. The molecule has 114 valence electrons. The van der Waals surface area contributed by atoms with Gasteiger partial charge >= 0.3 is 0 Å². The van der Waals surface area contributed by atoms with Gasteiger partial charge in [0.1, 0.15) is 0 Å². The summed E-state index contributed by atoms with van der Waals surface area (Å²) in [7, 11) is 4.23. The van der Waals surface area contributed by atoms with Gasteiger partial charge < -0.3 is 15.5 Å². The number of carbonyl (C=O) groups is 1. The molecule has 1 heterocycles. The normalized spacial score (nSPS) is 23.3. The summed E-state index contributed by atoms with van der Waals surface area (Å²) in [6.45, 7) is 2.36. The minimum atomic E-state index is -0.0609. The first-order chi connectivity index (χ1) is 10.1. The molecule has 1 aromatic carbocycles. The Kier molecular flexibility index (Phi) is 4.00. The standard InChI is InChI=1S/C17H25N3O/c1-20(2)17(8-5-9-17)12-19-16(21)15-11-18-10-13-6-3-4-7-14(13)15/h3-4,6-7,15,18H,5,8-12H2,1-2H3,(H,19,21).